The fourth-order valence-electron chi connectivity index (χ4n) is 2.42. The van der Waals surface area contributed by atoms with Crippen molar-refractivity contribution in [3.63, 3.8) is 0 Å². The van der Waals surface area contributed by atoms with Gasteiger partial charge in [-0.05, 0) is 51.6 Å². The van der Waals surface area contributed by atoms with Crippen LogP contribution in [0.4, 0.5) is 5.95 Å². The molecule has 1 aromatic rings. The van der Waals surface area contributed by atoms with E-state index >= 15 is 0 Å². The Hall–Kier alpha value is -1.16. The highest BCUT2D eigenvalue weighted by Crippen LogP contribution is 2.20. The van der Waals surface area contributed by atoms with Gasteiger partial charge in [-0.1, -0.05) is 0 Å². The van der Waals surface area contributed by atoms with Crippen molar-refractivity contribution in [3.05, 3.63) is 17.0 Å². The van der Waals surface area contributed by atoms with Crippen LogP contribution in [0.25, 0.3) is 0 Å². The number of aromatic nitrogens is 2. The van der Waals surface area contributed by atoms with Gasteiger partial charge in [-0.25, -0.2) is 9.97 Å². The monoisotopic (exact) mass is 234 g/mol. The van der Waals surface area contributed by atoms with Crippen LogP contribution in [0.5, 0.6) is 0 Å². The number of nitrogens with two attached hydrogens (primary N) is 1. The van der Waals surface area contributed by atoms with E-state index in [0.717, 1.165) is 49.8 Å². The maximum atomic E-state index is 5.56. The summed E-state index contributed by atoms with van der Waals surface area (Å²) in [6, 6.07) is 0. The Labute approximate surface area is 103 Å². The van der Waals surface area contributed by atoms with E-state index in [1.165, 1.54) is 18.4 Å². The summed E-state index contributed by atoms with van der Waals surface area (Å²) < 4.78 is 0. The molecule has 17 heavy (non-hydrogen) atoms. The number of rotatable bonds is 4. The van der Waals surface area contributed by atoms with E-state index in [9.17, 15) is 0 Å². The molecule has 2 N–H and O–H groups in total. The number of hydrogen-bond acceptors (Lipinski definition) is 4. The Morgan fingerprint density at radius 2 is 1.71 bits per heavy atom. The third-order valence-electron chi connectivity index (χ3n) is 3.43. The van der Waals surface area contributed by atoms with Crippen LogP contribution < -0.4 is 10.6 Å². The van der Waals surface area contributed by atoms with Crippen molar-refractivity contribution in [3.8, 4) is 0 Å². The Morgan fingerprint density at radius 3 is 2.24 bits per heavy atom. The van der Waals surface area contributed by atoms with Gasteiger partial charge in [0.15, 0.2) is 0 Å². The average Bonchev–Trinajstić information content (AvgIpc) is 2.81. The Bertz CT molecular complexity index is 360. The molecule has 2 rings (SSSR count). The maximum Gasteiger partial charge on any atom is 0.225 e. The standard InChI is InChI=1S/C13H22N4/c1-10-12(6-5-7-14)11(2)16-13(15-10)17-8-3-4-9-17/h3-9,14H2,1-2H3. The van der Waals surface area contributed by atoms with Gasteiger partial charge >= 0.3 is 0 Å². The fourth-order valence-corrected chi connectivity index (χ4v) is 2.42. The lowest BCUT2D eigenvalue weighted by molar-refractivity contribution is 0.794. The molecule has 94 valence electrons. The second-order valence-corrected chi connectivity index (χ2v) is 4.76. The quantitative estimate of drug-likeness (QED) is 0.859. The zero-order valence-electron chi connectivity index (χ0n) is 10.9. The molecule has 4 heteroatoms. The molecule has 0 unspecified atom stereocenters. The molecule has 1 fully saturated rings. The van der Waals surface area contributed by atoms with Gasteiger partial charge in [-0.3, -0.25) is 0 Å². The molecule has 0 aliphatic carbocycles. The lowest BCUT2D eigenvalue weighted by atomic mass is 10.1. The highest BCUT2D eigenvalue weighted by Gasteiger charge is 2.17. The number of aryl methyl sites for hydroxylation is 2. The predicted octanol–water partition coefficient (Wildman–Crippen LogP) is 1.58. The molecule has 4 nitrogen and oxygen atoms in total. The topological polar surface area (TPSA) is 55.0 Å². The summed E-state index contributed by atoms with van der Waals surface area (Å²) in [6.45, 7) is 7.09. The first-order valence-electron chi connectivity index (χ1n) is 6.51. The largest absolute Gasteiger partial charge is 0.341 e. The van der Waals surface area contributed by atoms with E-state index in [1.807, 2.05) is 0 Å². The first-order valence-corrected chi connectivity index (χ1v) is 6.51. The smallest absolute Gasteiger partial charge is 0.225 e. The number of anilines is 1. The summed E-state index contributed by atoms with van der Waals surface area (Å²) in [5.74, 6) is 0.911. The summed E-state index contributed by atoms with van der Waals surface area (Å²) in [4.78, 5) is 11.6. The molecule has 1 saturated heterocycles. The molecular weight excluding hydrogens is 212 g/mol. The van der Waals surface area contributed by atoms with E-state index in [-0.39, 0.29) is 0 Å². The number of nitrogens with zero attached hydrogens (tertiary/aromatic N) is 3. The normalized spacial score (nSPS) is 15.6. The lowest BCUT2D eigenvalue weighted by Gasteiger charge is -2.18. The van der Waals surface area contributed by atoms with Crippen molar-refractivity contribution in [2.45, 2.75) is 39.5 Å². The molecule has 0 saturated carbocycles. The van der Waals surface area contributed by atoms with Crippen molar-refractivity contribution >= 4 is 5.95 Å². The number of hydrogen-bond donors (Lipinski definition) is 1. The van der Waals surface area contributed by atoms with Crippen molar-refractivity contribution in [2.75, 3.05) is 24.5 Å². The van der Waals surface area contributed by atoms with Crippen molar-refractivity contribution in [2.24, 2.45) is 5.73 Å². The first kappa shape index (κ1) is 12.3. The third-order valence-corrected chi connectivity index (χ3v) is 3.43. The molecule has 1 aliphatic rings. The second-order valence-electron chi connectivity index (χ2n) is 4.76. The van der Waals surface area contributed by atoms with Gasteiger partial charge in [-0.2, -0.15) is 0 Å². The highest BCUT2D eigenvalue weighted by molar-refractivity contribution is 5.37. The van der Waals surface area contributed by atoms with Crippen LogP contribution >= 0.6 is 0 Å². The summed E-state index contributed by atoms with van der Waals surface area (Å²) in [7, 11) is 0. The maximum absolute atomic E-state index is 5.56. The molecule has 0 aromatic carbocycles. The first-order chi connectivity index (χ1) is 8.22. The van der Waals surface area contributed by atoms with Crippen LogP contribution in [0.15, 0.2) is 0 Å². The van der Waals surface area contributed by atoms with Gasteiger partial charge in [0, 0.05) is 24.5 Å². The second kappa shape index (κ2) is 5.45. The molecule has 1 aromatic heterocycles. The minimum absolute atomic E-state index is 0.729. The van der Waals surface area contributed by atoms with Gasteiger partial charge in [0.05, 0.1) is 0 Å². The third kappa shape index (κ3) is 2.75. The summed E-state index contributed by atoms with van der Waals surface area (Å²) in [6.07, 6.45) is 4.52. The fraction of sp³-hybridized carbons (Fsp3) is 0.692. The molecule has 0 bridgehead atoms. The molecule has 2 heterocycles. The zero-order valence-corrected chi connectivity index (χ0v) is 10.9. The Balaban J connectivity index is 2.21. The van der Waals surface area contributed by atoms with E-state index in [0.29, 0.717) is 0 Å². The van der Waals surface area contributed by atoms with Gasteiger partial charge < -0.3 is 10.6 Å². The molecule has 0 radical (unpaired) electrons. The van der Waals surface area contributed by atoms with Gasteiger partial charge in [-0.15, -0.1) is 0 Å². The Morgan fingerprint density at radius 1 is 1.12 bits per heavy atom. The van der Waals surface area contributed by atoms with E-state index in [4.69, 9.17) is 5.73 Å². The summed E-state index contributed by atoms with van der Waals surface area (Å²) in [5, 5.41) is 0. The summed E-state index contributed by atoms with van der Waals surface area (Å²) in [5.41, 5.74) is 9.07. The van der Waals surface area contributed by atoms with Crippen LogP contribution in [0.1, 0.15) is 36.2 Å². The van der Waals surface area contributed by atoms with Gasteiger partial charge in [0.2, 0.25) is 5.95 Å². The molecule has 0 atom stereocenters. The average molecular weight is 234 g/mol. The van der Waals surface area contributed by atoms with Crippen molar-refractivity contribution in [1.82, 2.24) is 9.97 Å². The highest BCUT2D eigenvalue weighted by atomic mass is 15.3. The molecule has 0 amide bonds. The van der Waals surface area contributed by atoms with Gasteiger partial charge in [0.25, 0.3) is 0 Å². The van der Waals surface area contributed by atoms with Crippen molar-refractivity contribution in [1.29, 1.82) is 0 Å². The predicted molar refractivity (Wildman–Crippen MR) is 70.3 cm³/mol. The zero-order chi connectivity index (χ0) is 12.3. The Kier molecular flexibility index (Phi) is 3.94. The minimum Gasteiger partial charge on any atom is -0.341 e. The minimum atomic E-state index is 0.729. The van der Waals surface area contributed by atoms with E-state index < -0.39 is 0 Å². The van der Waals surface area contributed by atoms with Crippen LogP contribution in [0.2, 0.25) is 0 Å². The van der Waals surface area contributed by atoms with Crippen LogP contribution in [-0.2, 0) is 6.42 Å². The molecule has 1 aliphatic heterocycles. The SMILES string of the molecule is Cc1nc(N2CCCC2)nc(C)c1CCCN. The van der Waals surface area contributed by atoms with Crippen LogP contribution in [-0.4, -0.2) is 29.6 Å². The van der Waals surface area contributed by atoms with Crippen LogP contribution in [0, 0.1) is 13.8 Å². The molecular formula is C13H22N4. The van der Waals surface area contributed by atoms with E-state index in [2.05, 4.69) is 28.7 Å². The van der Waals surface area contributed by atoms with E-state index in [1.54, 1.807) is 0 Å². The van der Waals surface area contributed by atoms with Gasteiger partial charge in [0.1, 0.15) is 0 Å². The van der Waals surface area contributed by atoms with Crippen molar-refractivity contribution < 1.29 is 0 Å². The lowest BCUT2D eigenvalue weighted by Crippen LogP contribution is -2.22. The summed E-state index contributed by atoms with van der Waals surface area (Å²) >= 11 is 0. The van der Waals surface area contributed by atoms with Crippen LogP contribution in [0.3, 0.4) is 0 Å². The molecule has 0 spiro atoms.